The van der Waals surface area contributed by atoms with Crippen molar-refractivity contribution in [1.29, 1.82) is 0 Å². The van der Waals surface area contributed by atoms with Crippen molar-refractivity contribution in [2.24, 2.45) is 0 Å². The Morgan fingerprint density at radius 1 is 1.00 bits per heavy atom. The summed E-state index contributed by atoms with van der Waals surface area (Å²) in [5, 5.41) is 0. The van der Waals surface area contributed by atoms with E-state index in [1.165, 1.54) is 0 Å². The quantitative estimate of drug-likeness (QED) is 0.336. The fourth-order valence-corrected chi connectivity index (χ4v) is 0. The van der Waals surface area contributed by atoms with Gasteiger partial charge in [-0.1, -0.05) is 0 Å². The molecule has 0 bridgehead atoms. The van der Waals surface area contributed by atoms with Crippen LogP contribution in [0.2, 0.25) is 0 Å². The van der Waals surface area contributed by atoms with E-state index in [2.05, 4.69) is 17.2 Å². The van der Waals surface area contributed by atoms with E-state index in [0.717, 1.165) is 0 Å². The Labute approximate surface area is 42.6 Å². The van der Waals surface area contributed by atoms with Crippen molar-refractivity contribution < 1.29 is 29.6 Å². The highest BCUT2D eigenvalue weighted by Gasteiger charge is 0.778. The van der Waals surface area contributed by atoms with Crippen LogP contribution in [0.4, 0.5) is 0 Å². The average molecular weight is 119 g/mol. The summed E-state index contributed by atoms with van der Waals surface area (Å²) in [6.07, 6.45) is 0. The molecule has 0 aliphatic rings. The predicted molar refractivity (Wildman–Crippen MR) is 9.29 cm³/mol. The van der Waals surface area contributed by atoms with Gasteiger partial charge in [0.1, 0.15) is 0 Å². The first-order chi connectivity index (χ1) is 1.00. The SMILES string of the molecule is [Cl-].[Cl-].[NH2+]=S. The Kier molecular flexibility index (Phi) is 394. The minimum atomic E-state index is 0. The molecule has 28 valence electrons. The Morgan fingerprint density at radius 3 is 1.00 bits per heavy atom. The first kappa shape index (κ1) is 23.3. The van der Waals surface area contributed by atoms with Gasteiger partial charge in [-0.2, -0.15) is 4.78 Å². The largest absolute Gasteiger partial charge is 1.00 e. The minimum Gasteiger partial charge on any atom is -1.00 e. The standard InChI is InChI=1S/2ClH.HNS/c;;1-2/h2*1H;1H/p-1. The first-order valence-corrected chi connectivity index (χ1v) is 0.707. The summed E-state index contributed by atoms with van der Waals surface area (Å²) in [6.45, 7) is 0. The number of hydrogen-bond donors (Lipinski definition) is 1. The second-order valence-corrected chi connectivity index (χ2v) is 0. The zero-order chi connectivity index (χ0) is 2.00. The highest BCUT2D eigenvalue weighted by atomic mass is 35.5. The van der Waals surface area contributed by atoms with Crippen molar-refractivity contribution in [3.63, 3.8) is 0 Å². The maximum atomic E-state index is 4.08. The molecule has 0 heterocycles. The highest BCUT2D eigenvalue weighted by molar-refractivity contribution is 7.43. The summed E-state index contributed by atoms with van der Waals surface area (Å²) in [4.78, 5) is 0. The van der Waals surface area contributed by atoms with Crippen LogP contribution in [0, 0.1) is 0 Å². The van der Waals surface area contributed by atoms with Gasteiger partial charge in [0.25, 0.3) is 12.4 Å². The third-order valence-electron chi connectivity index (χ3n) is 0. The molecule has 4 heteroatoms. The topological polar surface area (TPSA) is 25.6 Å². The molecule has 0 saturated carbocycles. The van der Waals surface area contributed by atoms with Gasteiger partial charge in [-0.3, -0.25) is 0 Å². The second kappa shape index (κ2) is 67.6. The fourth-order valence-electron chi connectivity index (χ4n) is 0. The normalized spacial score (nSPS) is 1.00. The molecule has 4 heavy (non-hydrogen) atoms. The monoisotopic (exact) mass is 118 g/mol. The van der Waals surface area contributed by atoms with E-state index in [0.29, 0.717) is 0 Å². The van der Waals surface area contributed by atoms with Crippen LogP contribution < -0.4 is 29.6 Å². The molecule has 0 aromatic heterocycles. The number of hydrogen-bond acceptors (Lipinski definition) is 1. The average Bonchev–Trinajstić information content (AvgIpc) is 1.00. The Bertz CT molecular complexity index is 6.00. The zero-order valence-electron chi connectivity index (χ0n) is 1.74. The molecule has 0 aliphatic carbocycles. The molecule has 0 amide bonds. The number of nitrogens with two attached hydrogens (primary N) is 1. The van der Waals surface area contributed by atoms with E-state index in [1.807, 2.05) is 0 Å². The van der Waals surface area contributed by atoms with Gasteiger partial charge >= 0.3 is 0 Å². The molecular formula is H2Cl2NS-. The van der Waals surface area contributed by atoms with E-state index in [9.17, 15) is 0 Å². The maximum Gasteiger partial charge on any atom is 0.259 e. The molecule has 0 aromatic carbocycles. The molecule has 0 saturated heterocycles. The molecule has 0 aromatic rings. The lowest BCUT2D eigenvalue weighted by atomic mass is 14.0. The predicted octanol–water partition coefficient (Wildman–Crippen LogP) is -7.52. The Hall–Kier alpha value is 0.600. The van der Waals surface area contributed by atoms with Gasteiger partial charge in [0.15, 0.2) is 0 Å². The minimum absolute atomic E-state index is 0. The molecule has 1 nitrogen and oxygen atoms in total. The van der Waals surface area contributed by atoms with Gasteiger partial charge in [-0.25, -0.2) is 0 Å². The summed E-state index contributed by atoms with van der Waals surface area (Å²) in [7, 11) is 0. The molecule has 0 spiro atoms. The molecule has 0 aliphatic heterocycles. The van der Waals surface area contributed by atoms with Gasteiger partial charge in [0.2, 0.25) is 0 Å². The Morgan fingerprint density at radius 2 is 1.00 bits per heavy atom. The van der Waals surface area contributed by atoms with Crippen LogP contribution in [-0.2, 0) is 12.4 Å². The van der Waals surface area contributed by atoms with Gasteiger partial charge in [-0.05, 0) is 0 Å². The smallest absolute Gasteiger partial charge is 0.259 e. The number of rotatable bonds is 0. The van der Waals surface area contributed by atoms with Crippen molar-refractivity contribution >= 4 is 12.4 Å². The van der Waals surface area contributed by atoms with Crippen LogP contribution >= 0.6 is 0 Å². The van der Waals surface area contributed by atoms with Gasteiger partial charge < -0.3 is 24.8 Å². The van der Waals surface area contributed by atoms with Crippen molar-refractivity contribution in [2.75, 3.05) is 0 Å². The fraction of sp³-hybridized carbons (Fsp3) is 0. The maximum absolute atomic E-state index is 4.08. The van der Waals surface area contributed by atoms with E-state index in [4.69, 9.17) is 0 Å². The molecule has 2 N–H and O–H groups in total. The lowest BCUT2D eigenvalue weighted by molar-refractivity contribution is -0.0673. The summed E-state index contributed by atoms with van der Waals surface area (Å²) in [6, 6.07) is 0. The second-order valence-electron chi connectivity index (χ2n) is 0. The molecule has 0 radical (unpaired) electrons. The highest BCUT2D eigenvalue weighted by Crippen LogP contribution is 0.227. The van der Waals surface area contributed by atoms with Crippen LogP contribution in [0.1, 0.15) is 0 Å². The van der Waals surface area contributed by atoms with Gasteiger partial charge in [-0.15, -0.1) is 0 Å². The van der Waals surface area contributed by atoms with E-state index in [1.54, 1.807) is 0 Å². The van der Waals surface area contributed by atoms with Gasteiger partial charge in [0, 0.05) is 0 Å². The first-order valence-electron chi connectivity index (χ1n) is 0.236. The van der Waals surface area contributed by atoms with Crippen molar-refractivity contribution in [3.8, 4) is 0 Å². The van der Waals surface area contributed by atoms with Crippen molar-refractivity contribution in [2.45, 2.75) is 0 Å². The van der Waals surface area contributed by atoms with E-state index >= 15 is 0 Å². The Balaban J connectivity index is -0.00000000500. The summed E-state index contributed by atoms with van der Waals surface area (Å²) in [5.41, 5.74) is 0. The lowest BCUT2D eigenvalue weighted by Gasteiger charge is -1.00. The van der Waals surface area contributed by atoms with E-state index in [-0.39, 0.29) is 24.8 Å². The van der Waals surface area contributed by atoms with Gasteiger partial charge in [0.05, 0.1) is 0 Å². The molecule has 0 unspecified atom stereocenters. The van der Waals surface area contributed by atoms with Crippen LogP contribution in [0.15, 0.2) is 0 Å². The van der Waals surface area contributed by atoms with Crippen LogP contribution in [0.25, 0.3) is 0 Å². The lowest BCUT2D eigenvalue weighted by Crippen LogP contribution is -3.00. The molecule has 0 rings (SSSR count). The summed E-state index contributed by atoms with van der Waals surface area (Å²) >= 11 is 3.58. The van der Waals surface area contributed by atoms with Crippen molar-refractivity contribution in [3.05, 3.63) is 0 Å². The summed E-state index contributed by atoms with van der Waals surface area (Å²) in [5.74, 6) is 0. The molecule has 0 fully saturated rings. The van der Waals surface area contributed by atoms with E-state index < -0.39 is 0 Å². The zero-order valence-corrected chi connectivity index (χ0v) is 4.07. The number of halogens is 2. The van der Waals surface area contributed by atoms with Crippen LogP contribution in [-0.4, -0.2) is 0 Å². The molecule has 0 atom stereocenters. The van der Waals surface area contributed by atoms with Crippen molar-refractivity contribution in [1.82, 2.24) is 0 Å². The van der Waals surface area contributed by atoms with Crippen LogP contribution in [0.3, 0.4) is 0 Å². The third kappa shape index (κ3) is 18.5. The molecular weight excluding hydrogens is 117 g/mol. The van der Waals surface area contributed by atoms with Crippen LogP contribution in [0.5, 0.6) is 0 Å². The summed E-state index contributed by atoms with van der Waals surface area (Å²) < 4.78 is 4.08. The third-order valence-corrected chi connectivity index (χ3v) is 0.